The number of nitrogens with one attached hydrogen (secondary N) is 1. The highest BCUT2D eigenvalue weighted by atomic mass is 79.9. The van der Waals surface area contributed by atoms with E-state index in [4.69, 9.17) is 0 Å². The largest absolute Gasteiger partial charge is 0.337 e. The minimum Gasteiger partial charge on any atom is -0.337 e. The van der Waals surface area contributed by atoms with Gasteiger partial charge in [-0.05, 0) is 37.6 Å². The minimum atomic E-state index is 0.146. The first kappa shape index (κ1) is 12.6. The number of hydrogen-bond donors (Lipinski definition) is 1. The van der Waals surface area contributed by atoms with Crippen LogP contribution in [-0.4, -0.2) is 37.0 Å². The van der Waals surface area contributed by atoms with Crippen LogP contribution in [0, 0.1) is 6.92 Å². The molecule has 3 nitrogen and oxygen atoms in total. The van der Waals surface area contributed by atoms with Crippen LogP contribution in [0.1, 0.15) is 22.3 Å². The second-order valence-electron chi connectivity index (χ2n) is 4.35. The summed E-state index contributed by atoms with van der Waals surface area (Å²) < 4.78 is 0.958. The monoisotopic (exact) mass is 296 g/mol. The van der Waals surface area contributed by atoms with Gasteiger partial charge >= 0.3 is 0 Å². The average Bonchev–Trinajstić information content (AvgIpc) is 2.60. The molecule has 2 rings (SSSR count). The first-order valence-corrected chi connectivity index (χ1v) is 6.74. The quantitative estimate of drug-likeness (QED) is 0.862. The van der Waals surface area contributed by atoms with Gasteiger partial charge in [-0.1, -0.05) is 22.0 Å². The number of halogens is 1. The van der Waals surface area contributed by atoms with Crippen molar-refractivity contribution in [3.05, 3.63) is 33.8 Å². The van der Waals surface area contributed by atoms with E-state index in [9.17, 15) is 4.79 Å². The Hall–Kier alpha value is -0.870. The van der Waals surface area contributed by atoms with Crippen molar-refractivity contribution in [3.63, 3.8) is 0 Å². The molecule has 0 atom stereocenters. The molecular weight excluding hydrogens is 280 g/mol. The van der Waals surface area contributed by atoms with Crippen LogP contribution in [-0.2, 0) is 0 Å². The Kier molecular flexibility index (Phi) is 4.18. The van der Waals surface area contributed by atoms with Gasteiger partial charge in [-0.15, -0.1) is 0 Å². The van der Waals surface area contributed by atoms with Gasteiger partial charge in [0.1, 0.15) is 0 Å². The van der Waals surface area contributed by atoms with Crippen LogP contribution in [0.25, 0.3) is 0 Å². The van der Waals surface area contributed by atoms with Crippen molar-refractivity contribution in [3.8, 4) is 0 Å². The average molecular weight is 297 g/mol. The van der Waals surface area contributed by atoms with Crippen LogP contribution < -0.4 is 5.32 Å². The van der Waals surface area contributed by atoms with Crippen molar-refractivity contribution in [2.45, 2.75) is 13.3 Å². The lowest BCUT2D eigenvalue weighted by Crippen LogP contribution is -2.34. The van der Waals surface area contributed by atoms with Crippen LogP contribution in [0.3, 0.4) is 0 Å². The molecule has 17 heavy (non-hydrogen) atoms. The highest BCUT2D eigenvalue weighted by molar-refractivity contribution is 9.10. The summed E-state index contributed by atoms with van der Waals surface area (Å²) in [6.45, 7) is 5.51. The smallest absolute Gasteiger partial charge is 0.254 e. The van der Waals surface area contributed by atoms with Gasteiger partial charge in [0.05, 0.1) is 0 Å². The fourth-order valence-electron chi connectivity index (χ4n) is 2.04. The van der Waals surface area contributed by atoms with E-state index in [1.165, 1.54) is 0 Å². The number of carbonyl (C=O) groups excluding carboxylic acids is 1. The number of aryl methyl sites for hydroxylation is 1. The van der Waals surface area contributed by atoms with Gasteiger partial charge in [0, 0.05) is 29.7 Å². The molecule has 4 heteroatoms. The van der Waals surface area contributed by atoms with Gasteiger partial charge in [0.15, 0.2) is 0 Å². The summed E-state index contributed by atoms with van der Waals surface area (Å²) in [7, 11) is 0. The van der Waals surface area contributed by atoms with Crippen molar-refractivity contribution in [2.24, 2.45) is 0 Å². The number of hydrogen-bond acceptors (Lipinski definition) is 2. The molecule has 0 saturated carbocycles. The Morgan fingerprint density at radius 1 is 1.35 bits per heavy atom. The lowest BCUT2D eigenvalue weighted by atomic mass is 10.1. The second-order valence-corrected chi connectivity index (χ2v) is 5.27. The Morgan fingerprint density at radius 3 is 3.00 bits per heavy atom. The molecular formula is C13H17BrN2O. The first-order valence-electron chi connectivity index (χ1n) is 5.94. The van der Waals surface area contributed by atoms with Gasteiger partial charge in [-0.25, -0.2) is 0 Å². The molecule has 1 aromatic carbocycles. The lowest BCUT2D eigenvalue weighted by Gasteiger charge is -2.21. The summed E-state index contributed by atoms with van der Waals surface area (Å²) in [6.07, 6.45) is 1.03. The zero-order valence-electron chi connectivity index (χ0n) is 10.0. The number of carbonyl (C=O) groups is 1. The van der Waals surface area contributed by atoms with E-state index in [2.05, 4.69) is 21.2 Å². The maximum Gasteiger partial charge on any atom is 0.254 e. The van der Waals surface area contributed by atoms with Crippen LogP contribution in [0.4, 0.5) is 0 Å². The zero-order chi connectivity index (χ0) is 12.3. The van der Waals surface area contributed by atoms with Crippen LogP contribution in [0.15, 0.2) is 22.7 Å². The fourth-order valence-corrected chi connectivity index (χ4v) is 2.40. The minimum absolute atomic E-state index is 0.146. The molecule has 0 aromatic heterocycles. The highest BCUT2D eigenvalue weighted by Crippen LogP contribution is 2.18. The highest BCUT2D eigenvalue weighted by Gasteiger charge is 2.18. The molecule has 0 radical (unpaired) electrons. The van der Waals surface area contributed by atoms with E-state index in [0.717, 1.165) is 48.2 Å². The van der Waals surface area contributed by atoms with Crippen molar-refractivity contribution >= 4 is 21.8 Å². The summed E-state index contributed by atoms with van der Waals surface area (Å²) >= 11 is 3.42. The number of nitrogens with zero attached hydrogens (tertiary/aromatic N) is 1. The van der Waals surface area contributed by atoms with Crippen LogP contribution >= 0.6 is 15.9 Å². The molecule has 0 unspecified atom stereocenters. The molecule has 1 N–H and O–H groups in total. The van der Waals surface area contributed by atoms with Crippen LogP contribution in [0.2, 0.25) is 0 Å². The zero-order valence-corrected chi connectivity index (χ0v) is 11.6. The molecule has 1 amide bonds. The van der Waals surface area contributed by atoms with Gasteiger partial charge in [0.25, 0.3) is 5.91 Å². The molecule has 1 saturated heterocycles. The normalized spacial score (nSPS) is 16.7. The SMILES string of the molecule is Cc1ccc(Br)cc1C(=O)N1CCCNCC1. The topological polar surface area (TPSA) is 32.3 Å². The molecule has 92 valence electrons. The summed E-state index contributed by atoms with van der Waals surface area (Å²) in [5, 5.41) is 3.31. The number of amides is 1. The van der Waals surface area contributed by atoms with Gasteiger partial charge in [0.2, 0.25) is 0 Å². The maximum absolute atomic E-state index is 12.4. The molecule has 1 heterocycles. The summed E-state index contributed by atoms with van der Waals surface area (Å²) in [5.74, 6) is 0.146. The Morgan fingerprint density at radius 2 is 2.18 bits per heavy atom. The van der Waals surface area contributed by atoms with Crippen molar-refractivity contribution < 1.29 is 4.79 Å². The van der Waals surface area contributed by atoms with E-state index in [0.29, 0.717) is 0 Å². The van der Waals surface area contributed by atoms with Crippen molar-refractivity contribution in [2.75, 3.05) is 26.2 Å². The number of rotatable bonds is 1. The van der Waals surface area contributed by atoms with E-state index < -0.39 is 0 Å². The summed E-state index contributed by atoms with van der Waals surface area (Å²) in [4.78, 5) is 14.3. The van der Waals surface area contributed by atoms with Gasteiger partial charge in [-0.3, -0.25) is 4.79 Å². The molecule has 1 aromatic rings. The standard InChI is InChI=1S/C13H17BrN2O/c1-10-3-4-11(14)9-12(10)13(17)16-7-2-5-15-6-8-16/h3-4,9,15H,2,5-8H2,1H3. The van der Waals surface area contributed by atoms with E-state index >= 15 is 0 Å². The van der Waals surface area contributed by atoms with Gasteiger partial charge < -0.3 is 10.2 Å². The molecule has 0 aliphatic carbocycles. The Bertz CT molecular complexity index is 412. The predicted octanol–water partition coefficient (Wildman–Crippen LogP) is 2.19. The summed E-state index contributed by atoms with van der Waals surface area (Å²) in [5.41, 5.74) is 1.84. The molecule has 0 spiro atoms. The number of benzene rings is 1. The van der Waals surface area contributed by atoms with Crippen molar-refractivity contribution in [1.82, 2.24) is 10.2 Å². The van der Waals surface area contributed by atoms with E-state index in [1.54, 1.807) is 0 Å². The third kappa shape index (κ3) is 3.07. The first-order chi connectivity index (χ1) is 8.18. The fraction of sp³-hybridized carbons (Fsp3) is 0.462. The molecule has 1 aliphatic rings. The lowest BCUT2D eigenvalue weighted by molar-refractivity contribution is 0.0765. The van der Waals surface area contributed by atoms with Crippen LogP contribution in [0.5, 0.6) is 0 Å². The molecule has 1 aliphatic heterocycles. The van der Waals surface area contributed by atoms with E-state index in [-0.39, 0.29) is 5.91 Å². The van der Waals surface area contributed by atoms with Gasteiger partial charge in [-0.2, -0.15) is 0 Å². The van der Waals surface area contributed by atoms with Crippen molar-refractivity contribution in [1.29, 1.82) is 0 Å². The molecule has 0 bridgehead atoms. The molecule has 1 fully saturated rings. The third-order valence-corrected chi connectivity index (χ3v) is 3.55. The third-order valence-electron chi connectivity index (χ3n) is 3.06. The Balaban J connectivity index is 2.20. The predicted molar refractivity (Wildman–Crippen MR) is 72.3 cm³/mol. The Labute approximate surface area is 110 Å². The maximum atomic E-state index is 12.4. The summed E-state index contributed by atoms with van der Waals surface area (Å²) in [6, 6.07) is 5.86. The second kappa shape index (κ2) is 5.65. The van der Waals surface area contributed by atoms with E-state index in [1.807, 2.05) is 30.0 Å².